The van der Waals surface area contributed by atoms with Crippen molar-refractivity contribution in [1.29, 1.82) is 0 Å². The summed E-state index contributed by atoms with van der Waals surface area (Å²) in [6.45, 7) is 0. The van der Waals surface area contributed by atoms with Gasteiger partial charge in [-0.05, 0) is 104 Å². The summed E-state index contributed by atoms with van der Waals surface area (Å²) in [6, 6.07) is 56.8. The molecule has 8 aromatic rings. The summed E-state index contributed by atoms with van der Waals surface area (Å²) in [7, 11) is 0. The van der Waals surface area contributed by atoms with Crippen molar-refractivity contribution in [3.8, 4) is 55.6 Å². The highest BCUT2D eigenvalue weighted by Gasteiger charge is 2.36. The van der Waals surface area contributed by atoms with E-state index in [1.807, 2.05) is 0 Å². The standard InChI is InChI=1S/C48H35NO/c1-2-13-30(14-3-1)32-15-6-8-23-42(32)49(43-24-12-26-45-48(43)40-18-7-9-25-44(40)50-45)31-27-28-34-37-20-11-21-38-39-22-10-19-36(47(39)41(34)29-31)33-16-4-5-17-35(33)46(37)38/h1-5,7,9-14,16-22,24-29,32,42H,6,8,15,23H2. The van der Waals surface area contributed by atoms with Crippen molar-refractivity contribution in [3.63, 3.8) is 0 Å². The van der Waals surface area contributed by atoms with Crippen LogP contribution in [0.15, 0.2) is 156 Å². The summed E-state index contributed by atoms with van der Waals surface area (Å²) in [5, 5.41) is 2.37. The topological polar surface area (TPSA) is 16.4 Å². The van der Waals surface area contributed by atoms with Gasteiger partial charge in [-0.3, -0.25) is 0 Å². The minimum Gasteiger partial charge on any atom is -0.456 e. The summed E-state index contributed by atoms with van der Waals surface area (Å²) in [5.41, 5.74) is 19.0. The number of benzene rings is 7. The van der Waals surface area contributed by atoms with Crippen molar-refractivity contribution in [1.82, 2.24) is 0 Å². The van der Waals surface area contributed by atoms with E-state index < -0.39 is 0 Å². The van der Waals surface area contributed by atoms with Crippen molar-refractivity contribution in [2.24, 2.45) is 0 Å². The molecule has 0 aliphatic heterocycles. The van der Waals surface area contributed by atoms with E-state index >= 15 is 0 Å². The van der Waals surface area contributed by atoms with Gasteiger partial charge in [0, 0.05) is 23.0 Å². The molecule has 1 heterocycles. The first kappa shape index (κ1) is 28.0. The molecule has 1 saturated carbocycles. The van der Waals surface area contributed by atoms with Crippen LogP contribution in [0.4, 0.5) is 11.4 Å². The fourth-order valence-electron chi connectivity index (χ4n) is 9.62. The van der Waals surface area contributed by atoms with Gasteiger partial charge in [0.15, 0.2) is 0 Å². The maximum absolute atomic E-state index is 6.50. The molecule has 3 aliphatic rings. The second-order valence-electron chi connectivity index (χ2n) is 14.2. The number of anilines is 2. The zero-order chi connectivity index (χ0) is 32.8. The molecule has 0 amide bonds. The Morgan fingerprint density at radius 3 is 1.88 bits per heavy atom. The minimum absolute atomic E-state index is 0.286. The number of hydrogen-bond acceptors (Lipinski definition) is 2. The normalized spacial score (nSPS) is 16.9. The van der Waals surface area contributed by atoms with Gasteiger partial charge in [0.2, 0.25) is 0 Å². The van der Waals surface area contributed by atoms with E-state index in [2.05, 4.69) is 157 Å². The average Bonchev–Trinajstić information content (AvgIpc) is 3.52. The van der Waals surface area contributed by atoms with E-state index in [9.17, 15) is 0 Å². The highest BCUT2D eigenvalue weighted by molar-refractivity contribution is 6.16. The fraction of sp³-hybridized carbons (Fsp3) is 0.125. The first-order valence-corrected chi connectivity index (χ1v) is 18.1. The molecule has 6 bridgehead atoms. The first-order chi connectivity index (χ1) is 24.8. The van der Waals surface area contributed by atoms with Gasteiger partial charge in [-0.15, -0.1) is 0 Å². The molecular weight excluding hydrogens is 607 g/mol. The molecule has 11 rings (SSSR count). The van der Waals surface area contributed by atoms with Crippen molar-refractivity contribution in [2.45, 2.75) is 37.6 Å². The molecule has 7 aromatic carbocycles. The molecule has 2 nitrogen and oxygen atoms in total. The zero-order valence-electron chi connectivity index (χ0n) is 27.8. The minimum atomic E-state index is 0.286. The molecule has 3 aliphatic carbocycles. The van der Waals surface area contributed by atoms with Gasteiger partial charge >= 0.3 is 0 Å². The summed E-state index contributed by atoms with van der Waals surface area (Å²) in [6.07, 6.45) is 4.78. The second kappa shape index (κ2) is 10.8. The molecule has 238 valence electrons. The molecular formula is C48H35NO. The van der Waals surface area contributed by atoms with E-state index in [1.165, 1.54) is 103 Å². The quantitative estimate of drug-likeness (QED) is 0.190. The number of hydrogen-bond donors (Lipinski definition) is 0. The number of fused-ring (bicyclic) bond motifs is 7. The molecule has 0 spiro atoms. The summed E-state index contributed by atoms with van der Waals surface area (Å²) >= 11 is 0. The Balaban J connectivity index is 1.21. The second-order valence-corrected chi connectivity index (χ2v) is 14.2. The van der Waals surface area contributed by atoms with Gasteiger partial charge in [-0.1, -0.05) is 134 Å². The lowest BCUT2D eigenvalue weighted by molar-refractivity contribution is 0.381. The molecule has 0 saturated heterocycles. The zero-order valence-corrected chi connectivity index (χ0v) is 27.8. The molecule has 0 N–H and O–H groups in total. The Kier molecular flexibility index (Phi) is 6.07. The van der Waals surface area contributed by atoms with E-state index in [0.29, 0.717) is 5.92 Å². The summed E-state index contributed by atoms with van der Waals surface area (Å²) in [4.78, 5) is 2.70. The van der Waals surface area contributed by atoms with Gasteiger partial charge in [0.25, 0.3) is 0 Å². The van der Waals surface area contributed by atoms with E-state index in [0.717, 1.165) is 17.6 Å². The number of nitrogens with zero attached hydrogens (tertiary/aromatic N) is 1. The Labute approximate surface area is 292 Å². The van der Waals surface area contributed by atoms with Crippen LogP contribution in [-0.4, -0.2) is 6.04 Å². The lowest BCUT2D eigenvalue weighted by atomic mass is 9.78. The largest absolute Gasteiger partial charge is 0.456 e. The summed E-state index contributed by atoms with van der Waals surface area (Å²) < 4.78 is 6.50. The van der Waals surface area contributed by atoms with Crippen molar-refractivity contribution in [3.05, 3.63) is 157 Å². The van der Waals surface area contributed by atoms with Gasteiger partial charge in [-0.2, -0.15) is 0 Å². The summed E-state index contributed by atoms with van der Waals surface area (Å²) in [5.74, 6) is 0.410. The van der Waals surface area contributed by atoms with E-state index in [4.69, 9.17) is 4.42 Å². The third kappa shape index (κ3) is 3.96. The maximum atomic E-state index is 6.50. The molecule has 0 radical (unpaired) electrons. The molecule has 2 heteroatoms. The molecule has 2 unspecified atom stereocenters. The number of rotatable bonds is 4. The van der Waals surface area contributed by atoms with Crippen molar-refractivity contribution >= 4 is 33.3 Å². The van der Waals surface area contributed by atoms with Crippen LogP contribution in [0.25, 0.3) is 77.6 Å². The van der Waals surface area contributed by atoms with Crippen LogP contribution >= 0.6 is 0 Å². The third-order valence-corrected chi connectivity index (χ3v) is 11.7. The van der Waals surface area contributed by atoms with Crippen LogP contribution < -0.4 is 4.90 Å². The van der Waals surface area contributed by atoms with Gasteiger partial charge in [0.05, 0.1) is 11.1 Å². The average molecular weight is 642 g/mol. The predicted molar refractivity (Wildman–Crippen MR) is 208 cm³/mol. The van der Waals surface area contributed by atoms with Crippen LogP contribution in [-0.2, 0) is 0 Å². The van der Waals surface area contributed by atoms with Crippen molar-refractivity contribution < 1.29 is 4.42 Å². The Bertz CT molecular complexity index is 2610. The SMILES string of the molecule is c1ccc(C2CCCCC2N(c2ccc3c(c2)-c2c4cccc2-c2cccc-3c2-c2ccccc2-4)c2cccc3oc4ccccc4c23)cc1. The fourth-order valence-corrected chi connectivity index (χ4v) is 9.62. The Hall–Kier alpha value is -5.86. The van der Waals surface area contributed by atoms with Crippen LogP contribution in [0.2, 0.25) is 0 Å². The van der Waals surface area contributed by atoms with Gasteiger partial charge < -0.3 is 9.32 Å². The van der Waals surface area contributed by atoms with Crippen LogP contribution in [0.5, 0.6) is 0 Å². The Morgan fingerprint density at radius 1 is 0.460 bits per heavy atom. The third-order valence-electron chi connectivity index (χ3n) is 11.7. The van der Waals surface area contributed by atoms with E-state index in [1.54, 1.807) is 0 Å². The molecule has 50 heavy (non-hydrogen) atoms. The highest BCUT2D eigenvalue weighted by Crippen LogP contribution is 2.58. The predicted octanol–water partition coefficient (Wildman–Crippen LogP) is 13.4. The first-order valence-electron chi connectivity index (χ1n) is 18.1. The number of furan rings is 1. The molecule has 2 atom stereocenters. The maximum Gasteiger partial charge on any atom is 0.137 e. The highest BCUT2D eigenvalue weighted by atomic mass is 16.3. The van der Waals surface area contributed by atoms with E-state index in [-0.39, 0.29) is 6.04 Å². The van der Waals surface area contributed by atoms with Gasteiger partial charge in [0.1, 0.15) is 11.2 Å². The van der Waals surface area contributed by atoms with Crippen molar-refractivity contribution in [2.75, 3.05) is 4.90 Å². The van der Waals surface area contributed by atoms with Crippen LogP contribution in [0.3, 0.4) is 0 Å². The Morgan fingerprint density at radius 2 is 1.06 bits per heavy atom. The van der Waals surface area contributed by atoms with Gasteiger partial charge in [-0.25, -0.2) is 0 Å². The lowest BCUT2D eigenvalue weighted by Crippen LogP contribution is -2.38. The monoisotopic (exact) mass is 641 g/mol. The van der Waals surface area contributed by atoms with Crippen LogP contribution in [0, 0.1) is 0 Å². The lowest BCUT2D eigenvalue weighted by Gasteiger charge is -2.42. The molecule has 1 fully saturated rings. The number of para-hydroxylation sites is 1. The molecule has 1 aromatic heterocycles. The van der Waals surface area contributed by atoms with Crippen LogP contribution in [0.1, 0.15) is 37.2 Å². The smallest absolute Gasteiger partial charge is 0.137 e.